The van der Waals surface area contributed by atoms with Crippen molar-refractivity contribution in [1.82, 2.24) is 15.0 Å². The molecule has 0 saturated heterocycles. The number of para-hydroxylation sites is 1. The molecule has 0 unspecified atom stereocenters. The molecule has 1 heterocycles. The summed E-state index contributed by atoms with van der Waals surface area (Å²) in [5, 5.41) is 4.96. The van der Waals surface area contributed by atoms with Gasteiger partial charge in [0.15, 0.2) is 0 Å². The topological polar surface area (TPSA) is 91.1 Å². The van der Waals surface area contributed by atoms with Crippen LogP contribution in [0.4, 0.5) is 0 Å². The smallest absolute Gasteiger partial charge is 0.241 e. The van der Waals surface area contributed by atoms with Gasteiger partial charge < -0.3 is 10.3 Å². The summed E-state index contributed by atoms with van der Waals surface area (Å²) in [7, 11) is -2.42. The second-order valence-corrected chi connectivity index (χ2v) is 8.51. The van der Waals surface area contributed by atoms with Crippen LogP contribution in [0.2, 0.25) is 0 Å². The number of fused-ring (bicyclic) bond motifs is 2. The Labute approximate surface area is 169 Å². The lowest BCUT2D eigenvalue weighted by molar-refractivity contribution is -0.122. The zero-order valence-corrected chi connectivity index (χ0v) is 16.7. The zero-order valence-electron chi connectivity index (χ0n) is 15.8. The molecule has 0 radical (unpaired) electrons. The van der Waals surface area contributed by atoms with E-state index < -0.39 is 16.1 Å². The van der Waals surface area contributed by atoms with Gasteiger partial charge >= 0.3 is 0 Å². The van der Waals surface area contributed by atoms with Crippen LogP contribution in [-0.4, -0.2) is 32.4 Å². The van der Waals surface area contributed by atoms with Crippen LogP contribution in [0.5, 0.6) is 0 Å². The molecule has 0 saturated carbocycles. The summed E-state index contributed by atoms with van der Waals surface area (Å²) < 4.78 is 28.9. The van der Waals surface area contributed by atoms with Crippen molar-refractivity contribution in [3.8, 4) is 0 Å². The minimum atomic E-state index is -3.92. The summed E-state index contributed by atoms with van der Waals surface area (Å²) >= 11 is 0. The molecule has 0 aliphatic rings. The van der Waals surface area contributed by atoms with Crippen molar-refractivity contribution >= 4 is 37.6 Å². The number of likely N-dealkylation sites (N-methyl/N-ethyl adjacent to an activating group) is 1. The van der Waals surface area contributed by atoms with Crippen LogP contribution < -0.4 is 10.0 Å². The van der Waals surface area contributed by atoms with Crippen LogP contribution in [0.1, 0.15) is 5.56 Å². The van der Waals surface area contributed by atoms with Gasteiger partial charge in [0, 0.05) is 29.5 Å². The van der Waals surface area contributed by atoms with Gasteiger partial charge in [0.1, 0.15) is 6.04 Å². The molecule has 0 spiro atoms. The molecule has 4 rings (SSSR count). The quantitative estimate of drug-likeness (QED) is 0.459. The fraction of sp³-hybridized carbons (Fsp3) is 0.136. The number of sulfonamides is 1. The lowest BCUT2D eigenvalue weighted by Crippen LogP contribution is -2.46. The van der Waals surface area contributed by atoms with Gasteiger partial charge in [-0.2, -0.15) is 4.72 Å². The number of aromatic amines is 1. The highest BCUT2D eigenvalue weighted by atomic mass is 32.2. The van der Waals surface area contributed by atoms with Gasteiger partial charge in [0.05, 0.1) is 4.90 Å². The molecule has 1 aromatic heterocycles. The van der Waals surface area contributed by atoms with Crippen molar-refractivity contribution in [1.29, 1.82) is 0 Å². The molecular formula is C22H21N3O3S. The lowest BCUT2D eigenvalue weighted by Gasteiger charge is -2.18. The number of carbonyl (C=O) groups excluding carboxylic acids is 1. The standard InChI is InChI=1S/C22H21N3O3S/c1-23-22(26)20(13-16-14-24-19-11-5-4-9-17(16)19)25-29(27,28)21-12-6-8-15-7-2-3-10-18(15)21/h2-12,14,20,24-25H,13H2,1H3,(H,23,26)/t20-/m0/s1. The molecule has 0 aliphatic heterocycles. The van der Waals surface area contributed by atoms with E-state index in [1.165, 1.54) is 7.05 Å². The van der Waals surface area contributed by atoms with Gasteiger partial charge in [-0.15, -0.1) is 0 Å². The Kier molecular flexibility index (Phi) is 5.08. The second-order valence-electron chi connectivity index (χ2n) is 6.83. The monoisotopic (exact) mass is 407 g/mol. The van der Waals surface area contributed by atoms with E-state index in [9.17, 15) is 13.2 Å². The molecule has 0 bridgehead atoms. The van der Waals surface area contributed by atoms with Crippen LogP contribution >= 0.6 is 0 Å². The summed E-state index contributed by atoms with van der Waals surface area (Å²) in [6.45, 7) is 0. The third-order valence-corrected chi connectivity index (χ3v) is 6.53. The Hall–Kier alpha value is -3.16. The fourth-order valence-electron chi connectivity index (χ4n) is 3.56. The molecule has 7 heteroatoms. The predicted octanol–water partition coefficient (Wildman–Crippen LogP) is 2.96. The maximum Gasteiger partial charge on any atom is 0.241 e. The number of benzene rings is 3. The Morgan fingerprint density at radius 2 is 1.66 bits per heavy atom. The molecule has 0 aliphatic carbocycles. The van der Waals surface area contributed by atoms with Crippen molar-refractivity contribution in [2.24, 2.45) is 0 Å². The van der Waals surface area contributed by atoms with Crippen molar-refractivity contribution < 1.29 is 13.2 Å². The molecule has 0 fully saturated rings. The van der Waals surface area contributed by atoms with Gasteiger partial charge in [-0.3, -0.25) is 4.79 Å². The normalized spacial score (nSPS) is 12.9. The van der Waals surface area contributed by atoms with Crippen LogP contribution in [0.15, 0.2) is 77.8 Å². The molecule has 148 valence electrons. The van der Waals surface area contributed by atoms with E-state index in [1.807, 2.05) is 48.7 Å². The van der Waals surface area contributed by atoms with E-state index in [0.717, 1.165) is 21.9 Å². The number of nitrogens with one attached hydrogen (secondary N) is 3. The molecule has 6 nitrogen and oxygen atoms in total. The number of rotatable bonds is 6. The van der Waals surface area contributed by atoms with E-state index in [0.29, 0.717) is 5.39 Å². The first-order valence-corrected chi connectivity index (χ1v) is 10.7. The number of hydrogen-bond donors (Lipinski definition) is 3. The Morgan fingerprint density at radius 3 is 2.45 bits per heavy atom. The first kappa shape index (κ1) is 19.2. The minimum absolute atomic E-state index is 0.156. The maximum absolute atomic E-state index is 13.2. The Balaban J connectivity index is 1.70. The van der Waals surface area contributed by atoms with Crippen molar-refractivity contribution in [2.75, 3.05) is 7.05 Å². The minimum Gasteiger partial charge on any atom is -0.361 e. The van der Waals surface area contributed by atoms with E-state index in [4.69, 9.17) is 0 Å². The number of aromatic nitrogens is 1. The fourth-order valence-corrected chi connectivity index (χ4v) is 4.99. The third kappa shape index (κ3) is 3.74. The van der Waals surface area contributed by atoms with Crippen LogP contribution in [0.25, 0.3) is 21.7 Å². The number of hydrogen-bond acceptors (Lipinski definition) is 3. The highest BCUT2D eigenvalue weighted by Gasteiger charge is 2.27. The van der Waals surface area contributed by atoms with Crippen LogP contribution in [0, 0.1) is 0 Å². The average Bonchev–Trinajstić information content (AvgIpc) is 3.15. The average molecular weight is 407 g/mol. The molecule has 3 N–H and O–H groups in total. The van der Waals surface area contributed by atoms with Crippen molar-refractivity contribution in [2.45, 2.75) is 17.4 Å². The zero-order chi connectivity index (χ0) is 20.4. The van der Waals surface area contributed by atoms with Crippen molar-refractivity contribution in [3.63, 3.8) is 0 Å². The highest BCUT2D eigenvalue weighted by Crippen LogP contribution is 2.24. The number of H-pyrrole nitrogens is 1. The number of amides is 1. The Bertz CT molecular complexity index is 1290. The van der Waals surface area contributed by atoms with Crippen LogP contribution in [-0.2, 0) is 21.2 Å². The predicted molar refractivity (Wildman–Crippen MR) is 114 cm³/mol. The highest BCUT2D eigenvalue weighted by molar-refractivity contribution is 7.89. The van der Waals surface area contributed by atoms with Crippen molar-refractivity contribution in [3.05, 3.63) is 78.5 Å². The van der Waals surface area contributed by atoms with Gasteiger partial charge in [0.2, 0.25) is 15.9 Å². The summed E-state index contributed by atoms with van der Waals surface area (Å²) in [4.78, 5) is 15.8. The van der Waals surface area contributed by atoms with Gasteiger partial charge in [-0.05, 0) is 29.5 Å². The van der Waals surface area contributed by atoms with E-state index in [-0.39, 0.29) is 17.2 Å². The first-order chi connectivity index (χ1) is 14.0. The van der Waals surface area contributed by atoms with E-state index in [2.05, 4.69) is 15.0 Å². The largest absolute Gasteiger partial charge is 0.361 e. The molecule has 3 aromatic carbocycles. The van der Waals surface area contributed by atoms with E-state index >= 15 is 0 Å². The Morgan fingerprint density at radius 1 is 0.966 bits per heavy atom. The van der Waals surface area contributed by atoms with Crippen LogP contribution in [0.3, 0.4) is 0 Å². The number of carbonyl (C=O) groups is 1. The summed E-state index contributed by atoms with van der Waals surface area (Å²) in [5.74, 6) is -0.390. The second kappa shape index (κ2) is 7.69. The molecular weight excluding hydrogens is 386 g/mol. The molecule has 29 heavy (non-hydrogen) atoms. The maximum atomic E-state index is 13.2. The summed E-state index contributed by atoms with van der Waals surface area (Å²) in [6, 6.07) is 19.2. The SMILES string of the molecule is CNC(=O)[C@H](Cc1c[nH]c2ccccc12)NS(=O)(=O)c1cccc2ccccc12. The van der Waals surface area contributed by atoms with Gasteiger partial charge in [-0.25, -0.2) is 8.42 Å². The summed E-state index contributed by atoms with van der Waals surface area (Å²) in [5.41, 5.74) is 1.81. The summed E-state index contributed by atoms with van der Waals surface area (Å²) in [6.07, 6.45) is 2.04. The molecule has 1 amide bonds. The molecule has 1 atom stereocenters. The van der Waals surface area contributed by atoms with Gasteiger partial charge in [-0.1, -0.05) is 54.6 Å². The lowest BCUT2D eigenvalue weighted by atomic mass is 10.1. The third-order valence-electron chi connectivity index (χ3n) is 5.00. The van der Waals surface area contributed by atoms with Gasteiger partial charge in [0.25, 0.3) is 0 Å². The first-order valence-electron chi connectivity index (χ1n) is 9.26. The van der Waals surface area contributed by atoms with E-state index in [1.54, 1.807) is 24.3 Å². The molecule has 4 aromatic rings.